The molecular weight excluding hydrogens is 281 g/mol. The third kappa shape index (κ3) is 2.52. The van der Waals surface area contributed by atoms with E-state index < -0.39 is 0 Å². The zero-order valence-electron chi connectivity index (χ0n) is 12.6. The van der Waals surface area contributed by atoms with Crippen molar-refractivity contribution in [3.63, 3.8) is 0 Å². The molecular formula is C19H14BeN2O+2. The normalized spacial score (nSPS) is 10.4. The van der Waals surface area contributed by atoms with Gasteiger partial charge in [0, 0.05) is 11.6 Å². The second-order valence-electron chi connectivity index (χ2n) is 5.18. The fraction of sp³-hybridized carbons (Fsp3) is 0. The molecule has 4 aromatic rings. The zero-order valence-corrected chi connectivity index (χ0v) is 12.6. The van der Waals surface area contributed by atoms with Gasteiger partial charge in [-0.3, -0.25) is 0 Å². The van der Waals surface area contributed by atoms with E-state index in [4.69, 9.17) is 0 Å². The Bertz CT molecular complexity index is 948. The van der Waals surface area contributed by atoms with E-state index in [9.17, 15) is 5.11 Å². The van der Waals surface area contributed by atoms with Gasteiger partial charge in [-0.15, -0.1) is 9.78 Å². The Morgan fingerprint density at radius 2 is 1.39 bits per heavy atom. The average Bonchev–Trinajstić information content (AvgIpc) is 2.95. The van der Waals surface area contributed by atoms with Gasteiger partial charge in [0.25, 0.3) is 0 Å². The maximum absolute atomic E-state index is 12.2. The molecule has 0 aliphatic rings. The zero-order chi connectivity index (χ0) is 14.9. The molecule has 1 heterocycles. The standard InChI is InChI=1S/C19H14N2O.Be/c22-18-13-7-6-12-17(18)21-19(14-8-2-1-3-9-14)15-10-4-5-11-16(15)20-21;/h1-13,22H;/q;+2. The number of rotatable bonds is 2. The Morgan fingerprint density at radius 3 is 2.17 bits per heavy atom. The molecule has 0 radical (unpaired) electrons. The largest absolute Gasteiger partial charge is 2.00 e. The first kappa shape index (κ1) is 15.0. The molecule has 4 rings (SSSR count). The van der Waals surface area contributed by atoms with Crippen molar-refractivity contribution in [2.24, 2.45) is 0 Å². The van der Waals surface area contributed by atoms with Gasteiger partial charge in [-0.1, -0.05) is 66.4 Å². The van der Waals surface area contributed by atoms with Crippen LogP contribution in [-0.2, 0) is 0 Å². The first-order valence-corrected chi connectivity index (χ1v) is 7.19. The maximum atomic E-state index is 12.2. The van der Waals surface area contributed by atoms with Crippen LogP contribution in [0, 0.1) is 0 Å². The molecule has 1 aromatic heterocycles. The summed E-state index contributed by atoms with van der Waals surface area (Å²) in [6.45, 7) is 0. The summed E-state index contributed by atoms with van der Waals surface area (Å²) in [5, 5.41) is 16.7. The molecule has 0 aliphatic heterocycles. The predicted molar refractivity (Wildman–Crippen MR) is 90.5 cm³/mol. The number of aromatic nitrogens is 2. The van der Waals surface area contributed by atoms with Crippen LogP contribution in [0.5, 0.6) is 5.75 Å². The summed E-state index contributed by atoms with van der Waals surface area (Å²) in [7, 11) is 0. The number of nitrogens with zero attached hydrogens (tertiary/aromatic N) is 1. The van der Waals surface area contributed by atoms with Gasteiger partial charge < -0.3 is 5.11 Å². The number of benzene rings is 3. The van der Waals surface area contributed by atoms with E-state index in [1.165, 1.54) is 0 Å². The van der Waals surface area contributed by atoms with Gasteiger partial charge in [0.2, 0.25) is 5.52 Å². The molecule has 23 heavy (non-hydrogen) atoms. The van der Waals surface area contributed by atoms with Crippen molar-refractivity contribution >= 4 is 21.0 Å². The molecule has 1 N–H and O–H groups in total. The number of nitrogens with one attached hydrogen (secondary N) is 1. The summed E-state index contributed by atoms with van der Waals surface area (Å²) in [5.74, 6) is -0.00348. The first-order chi connectivity index (χ1) is 10.8. The van der Waals surface area contributed by atoms with Crippen molar-refractivity contribution < 1.29 is 10.2 Å². The van der Waals surface area contributed by atoms with Gasteiger partial charge in [-0.2, -0.15) is 0 Å². The molecule has 3 nitrogen and oxygen atoms in total. The molecule has 0 fully saturated rings. The minimum absolute atomic E-state index is 0. The molecule has 4 heteroatoms. The predicted octanol–water partition coefficient (Wildman–Crippen LogP) is 2.80. The van der Waals surface area contributed by atoms with E-state index in [-0.39, 0.29) is 15.9 Å². The Kier molecular flexibility index (Phi) is 3.96. The summed E-state index contributed by atoms with van der Waals surface area (Å²) in [6.07, 6.45) is 0. The van der Waals surface area contributed by atoms with Crippen LogP contribution in [0.4, 0.5) is 0 Å². The smallest absolute Gasteiger partial charge is 0.871 e. The molecule has 0 aliphatic carbocycles. The minimum atomic E-state index is -0.00348. The third-order valence-electron chi connectivity index (χ3n) is 3.79. The first-order valence-electron chi connectivity index (χ1n) is 7.19. The van der Waals surface area contributed by atoms with Crippen LogP contribution in [0.2, 0.25) is 0 Å². The van der Waals surface area contributed by atoms with Crippen molar-refractivity contribution in [3.05, 3.63) is 78.9 Å². The van der Waals surface area contributed by atoms with Crippen LogP contribution in [-0.4, -0.2) is 14.8 Å². The molecule has 0 amide bonds. The van der Waals surface area contributed by atoms with Crippen molar-refractivity contribution in [1.29, 1.82) is 0 Å². The van der Waals surface area contributed by atoms with E-state index in [1.807, 2.05) is 53.2 Å². The molecule has 3 aromatic carbocycles. The fourth-order valence-electron chi connectivity index (χ4n) is 2.79. The van der Waals surface area contributed by atoms with Crippen LogP contribution in [0.15, 0.2) is 78.9 Å². The van der Waals surface area contributed by atoms with Gasteiger partial charge in [0.1, 0.15) is 5.69 Å². The van der Waals surface area contributed by atoms with Crippen LogP contribution < -0.4 is 10.2 Å². The third-order valence-corrected chi connectivity index (χ3v) is 3.79. The van der Waals surface area contributed by atoms with E-state index in [1.54, 1.807) is 12.1 Å². The number of hydrogen-bond acceptors (Lipinski definition) is 1. The molecule has 0 bridgehead atoms. The Morgan fingerprint density at radius 1 is 0.739 bits per heavy atom. The quantitative estimate of drug-likeness (QED) is 0.524. The summed E-state index contributed by atoms with van der Waals surface area (Å²) in [6, 6.07) is 25.3. The number of H-pyrrole nitrogens is 1. The number of hydrogen-bond donors (Lipinski definition) is 0. The topological polar surface area (TPSA) is 42.1 Å². The maximum Gasteiger partial charge on any atom is 2.00 e. The summed E-state index contributed by atoms with van der Waals surface area (Å²) < 4.78 is 1.88. The molecule has 0 atom stereocenters. The van der Waals surface area contributed by atoms with Gasteiger partial charge in [0.15, 0.2) is 0 Å². The average molecular weight is 295 g/mol. The Hall–Kier alpha value is -2.90. The summed E-state index contributed by atoms with van der Waals surface area (Å²) in [5.41, 5.74) is 3.70. The SMILES string of the molecule is [Be+2].[O-]c1ccccc1-n1[nH+]c2ccccc2c1-c1ccccc1. The number of aromatic amines is 1. The van der Waals surface area contributed by atoms with Crippen molar-refractivity contribution in [1.82, 2.24) is 4.68 Å². The Labute approximate surface area is 138 Å². The van der Waals surface area contributed by atoms with E-state index in [0.29, 0.717) is 5.69 Å². The van der Waals surface area contributed by atoms with E-state index >= 15 is 0 Å². The van der Waals surface area contributed by atoms with Gasteiger partial charge in [0.05, 0.1) is 11.1 Å². The van der Waals surface area contributed by atoms with Crippen LogP contribution in [0.1, 0.15) is 0 Å². The molecule has 0 saturated carbocycles. The van der Waals surface area contributed by atoms with Crippen molar-refractivity contribution in [3.8, 4) is 22.7 Å². The Balaban J connectivity index is 0.00000156. The van der Waals surface area contributed by atoms with Crippen LogP contribution in [0.3, 0.4) is 0 Å². The second kappa shape index (κ2) is 6.07. The van der Waals surface area contributed by atoms with Crippen molar-refractivity contribution in [2.45, 2.75) is 0 Å². The van der Waals surface area contributed by atoms with Crippen molar-refractivity contribution in [2.75, 3.05) is 0 Å². The molecule has 106 valence electrons. The van der Waals surface area contributed by atoms with Crippen LogP contribution >= 0.6 is 0 Å². The summed E-state index contributed by atoms with van der Waals surface area (Å²) in [4.78, 5) is 0. The fourth-order valence-corrected chi connectivity index (χ4v) is 2.79. The van der Waals surface area contributed by atoms with Gasteiger partial charge in [-0.25, -0.2) is 0 Å². The number of fused-ring (bicyclic) bond motifs is 1. The minimum Gasteiger partial charge on any atom is -0.871 e. The molecule has 0 unspecified atom stereocenters. The molecule has 0 spiro atoms. The van der Waals surface area contributed by atoms with Gasteiger partial charge >= 0.3 is 10.1 Å². The van der Waals surface area contributed by atoms with Gasteiger partial charge in [-0.05, 0) is 12.1 Å². The molecule has 0 saturated heterocycles. The monoisotopic (exact) mass is 295 g/mol. The van der Waals surface area contributed by atoms with E-state index in [2.05, 4.69) is 23.3 Å². The number of para-hydroxylation sites is 3. The summed E-state index contributed by atoms with van der Waals surface area (Å²) >= 11 is 0. The van der Waals surface area contributed by atoms with Crippen LogP contribution in [0.25, 0.3) is 27.8 Å². The van der Waals surface area contributed by atoms with E-state index in [0.717, 1.165) is 22.2 Å². The second-order valence-corrected chi connectivity index (χ2v) is 5.18.